The van der Waals surface area contributed by atoms with Gasteiger partial charge in [0.15, 0.2) is 6.61 Å². The Morgan fingerprint density at radius 3 is 2.52 bits per heavy atom. The molecule has 0 aromatic heterocycles. The normalized spacial score (nSPS) is 14.7. The highest BCUT2D eigenvalue weighted by atomic mass is 16.5. The number of ether oxygens (including phenoxy) is 1. The van der Waals surface area contributed by atoms with Crippen LogP contribution in [0.3, 0.4) is 0 Å². The zero-order chi connectivity index (χ0) is 15.2. The van der Waals surface area contributed by atoms with Crippen molar-refractivity contribution in [3.63, 3.8) is 0 Å². The number of nitrogens with two attached hydrogens (primary N) is 1. The molecule has 0 spiro atoms. The number of rotatable bonds is 5. The van der Waals surface area contributed by atoms with Crippen molar-refractivity contribution in [3.8, 4) is 0 Å². The quantitative estimate of drug-likeness (QED) is 0.802. The standard InChI is InChI=1S/C15H18N2O4/c16-14(19)11-7-3-4-8-12(11)17-13(18)9-21-15(20)10-5-1-2-6-10/h3-4,7-8,10H,1-2,5-6,9H2,(H2,16,19)(H,17,18). The molecule has 6 heteroatoms. The third-order valence-corrected chi connectivity index (χ3v) is 3.50. The van der Waals surface area contributed by atoms with Crippen LogP contribution in [0, 0.1) is 5.92 Å². The highest BCUT2D eigenvalue weighted by Crippen LogP contribution is 2.25. The summed E-state index contributed by atoms with van der Waals surface area (Å²) in [5.74, 6) is -1.54. The Morgan fingerprint density at radius 2 is 1.86 bits per heavy atom. The van der Waals surface area contributed by atoms with E-state index in [4.69, 9.17) is 10.5 Å². The lowest BCUT2D eigenvalue weighted by molar-refractivity contribution is -0.151. The molecule has 0 unspecified atom stereocenters. The number of para-hydroxylation sites is 1. The first-order valence-corrected chi connectivity index (χ1v) is 6.93. The molecule has 1 aromatic rings. The lowest BCUT2D eigenvalue weighted by Gasteiger charge is -2.11. The molecule has 1 aliphatic carbocycles. The lowest BCUT2D eigenvalue weighted by Crippen LogP contribution is -2.25. The molecular weight excluding hydrogens is 272 g/mol. The van der Waals surface area contributed by atoms with Gasteiger partial charge in [0.25, 0.3) is 11.8 Å². The molecule has 1 aromatic carbocycles. The number of amides is 2. The number of primary amides is 1. The van der Waals surface area contributed by atoms with Crippen molar-refractivity contribution < 1.29 is 19.1 Å². The average Bonchev–Trinajstić information content (AvgIpc) is 2.99. The Morgan fingerprint density at radius 1 is 1.19 bits per heavy atom. The number of hydrogen-bond acceptors (Lipinski definition) is 4. The molecule has 1 aliphatic rings. The van der Waals surface area contributed by atoms with Crippen LogP contribution in [0.25, 0.3) is 0 Å². The minimum absolute atomic E-state index is 0.0873. The molecule has 2 amide bonds. The zero-order valence-electron chi connectivity index (χ0n) is 11.6. The molecule has 21 heavy (non-hydrogen) atoms. The Labute approximate surface area is 122 Å². The van der Waals surface area contributed by atoms with Crippen molar-refractivity contribution in [2.45, 2.75) is 25.7 Å². The van der Waals surface area contributed by atoms with Crippen LogP contribution < -0.4 is 11.1 Å². The van der Waals surface area contributed by atoms with E-state index in [9.17, 15) is 14.4 Å². The van der Waals surface area contributed by atoms with E-state index in [1.165, 1.54) is 6.07 Å². The van der Waals surface area contributed by atoms with E-state index in [-0.39, 0.29) is 24.1 Å². The van der Waals surface area contributed by atoms with Gasteiger partial charge in [0.1, 0.15) is 0 Å². The second-order valence-corrected chi connectivity index (χ2v) is 5.05. The van der Waals surface area contributed by atoms with Crippen LogP contribution in [-0.4, -0.2) is 24.4 Å². The van der Waals surface area contributed by atoms with Gasteiger partial charge in [0.2, 0.25) is 0 Å². The summed E-state index contributed by atoms with van der Waals surface area (Å²) in [7, 11) is 0. The van der Waals surface area contributed by atoms with Crippen molar-refractivity contribution in [1.82, 2.24) is 0 Å². The van der Waals surface area contributed by atoms with E-state index in [0.717, 1.165) is 25.7 Å². The molecule has 0 aliphatic heterocycles. The SMILES string of the molecule is NC(=O)c1ccccc1NC(=O)COC(=O)C1CCCC1. The third-order valence-electron chi connectivity index (χ3n) is 3.50. The molecule has 1 saturated carbocycles. The first-order valence-electron chi connectivity index (χ1n) is 6.93. The third kappa shape index (κ3) is 4.05. The highest BCUT2D eigenvalue weighted by molar-refractivity contribution is 6.03. The van der Waals surface area contributed by atoms with Crippen molar-refractivity contribution >= 4 is 23.5 Å². The van der Waals surface area contributed by atoms with E-state index < -0.39 is 11.8 Å². The number of nitrogens with one attached hydrogen (secondary N) is 1. The van der Waals surface area contributed by atoms with Crippen molar-refractivity contribution in [2.24, 2.45) is 11.7 Å². The molecular formula is C15H18N2O4. The van der Waals surface area contributed by atoms with Crippen LogP contribution in [0.2, 0.25) is 0 Å². The lowest BCUT2D eigenvalue weighted by atomic mass is 10.1. The van der Waals surface area contributed by atoms with Gasteiger partial charge in [-0.05, 0) is 25.0 Å². The summed E-state index contributed by atoms with van der Waals surface area (Å²) in [5.41, 5.74) is 5.75. The predicted molar refractivity (Wildman–Crippen MR) is 76.5 cm³/mol. The zero-order valence-corrected chi connectivity index (χ0v) is 11.6. The van der Waals surface area contributed by atoms with Gasteiger partial charge in [-0.3, -0.25) is 14.4 Å². The van der Waals surface area contributed by atoms with E-state index in [1.807, 2.05) is 0 Å². The molecule has 112 valence electrons. The maximum absolute atomic E-state index is 11.8. The number of hydrogen-bond donors (Lipinski definition) is 2. The summed E-state index contributed by atoms with van der Waals surface area (Å²) < 4.78 is 4.99. The summed E-state index contributed by atoms with van der Waals surface area (Å²) in [6.07, 6.45) is 3.70. The van der Waals surface area contributed by atoms with Crippen LogP contribution >= 0.6 is 0 Å². The van der Waals surface area contributed by atoms with Crippen LogP contribution in [0.4, 0.5) is 5.69 Å². The minimum atomic E-state index is -0.631. The second-order valence-electron chi connectivity index (χ2n) is 5.05. The molecule has 0 saturated heterocycles. The summed E-state index contributed by atoms with van der Waals surface area (Å²) in [5, 5.41) is 2.52. The smallest absolute Gasteiger partial charge is 0.309 e. The molecule has 0 heterocycles. The van der Waals surface area contributed by atoms with Crippen molar-refractivity contribution in [2.75, 3.05) is 11.9 Å². The Bertz CT molecular complexity index is 550. The van der Waals surface area contributed by atoms with Gasteiger partial charge < -0.3 is 15.8 Å². The number of carbonyl (C=O) groups excluding carboxylic acids is 3. The first-order chi connectivity index (χ1) is 10.1. The predicted octanol–water partition coefficient (Wildman–Crippen LogP) is 1.46. The molecule has 0 bridgehead atoms. The molecule has 2 rings (SSSR count). The van der Waals surface area contributed by atoms with E-state index in [1.54, 1.807) is 18.2 Å². The monoisotopic (exact) mass is 290 g/mol. The van der Waals surface area contributed by atoms with Gasteiger partial charge in [0, 0.05) is 0 Å². The fourth-order valence-electron chi connectivity index (χ4n) is 2.41. The Balaban J connectivity index is 1.87. The van der Waals surface area contributed by atoms with Crippen LogP contribution in [0.5, 0.6) is 0 Å². The minimum Gasteiger partial charge on any atom is -0.455 e. The van der Waals surface area contributed by atoms with Gasteiger partial charge in [-0.2, -0.15) is 0 Å². The summed E-state index contributed by atoms with van der Waals surface area (Å²) in [4.78, 5) is 34.7. The highest BCUT2D eigenvalue weighted by Gasteiger charge is 2.24. The number of anilines is 1. The number of benzene rings is 1. The number of esters is 1. The van der Waals surface area contributed by atoms with E-state index in [0.29, 0.717) is 5.69 Å². The average molecular weight is 290 g/mol. The van der Waals surface area contributed by atoms with Gasteiger partial charge in [-0.1, -0.05) is 25.0 Å². The molecule has 6 nitrogen and oxygen atoms in total. The fraction of sp³-hybridized carbons (Fsp3) is 0.400. The largest absolute Gasteiger partial charge is 0.455 e. The van der Waals surface area contributed by atoms with Crippen LogP contribution in [-0.2, 0) is 14.3 Å². The summed E-state index contributed by atoms with van der Waals surface area (Å²) >= 11 is 0. The van der Waals surface area contributed by atoms with Crippen molar-refractivity contribution in [1.29, 1.82) is 0 Å². The second kappa shape index (κ2) is 6.88. The van der Waals surface area contributed by atoms with Crippen molar-refractivity contribution in [3.05, 3.63) is 29.8 Å². The molecule has 3 N–H and O–H groups in total. The first kappa shape index (κ1) is 15.0. The Kier molecular flexibility index (Phi) is 4.92. The summed E-state index contributed by atoms with van der Waals surface area (Å²) in [6, 6.07) is 6.40. The maximum Gasteiger partial charge on any atom is 0.309 e. The Hall–Kier alpha value is -2.37. The van der Waals surface area contributed by atoms with Gasteiger partial charge >= 0.3 is 5.97 Å². The van der Waals surface area contributed by atoms with Gasteiger partial charge in [0.05, 0.1) is 17.2 Å². The van der Waals surface area contributed by atoms with Gasteiger partial charge in [-0.25, -0.2) is 0 Å². The summed E-state index contributed by atoms with van der Waals surface area (Å²) in [6.45, 7) is -0.359. The fourth-order valence-corrected chi connectivity index (χ4v) is 2.41. The van der Waals surface area contributed by atoms with E-state index in [2.05, 4.69) is 5.32 Å². The van der Waals surface area contributed by atoms with Crippen LogP contribution in [0.15, 0.2) is 24.3 Å². The topological polar surface area (TPSA) is 98.5 Å². The van der Waals surface area contributed by atoms with Gasteiger partial charge in [-0.15, -0.1) is 0 Å². The van der Waals surface area contributed by atoms with E-state index >= 15 is 0 Å². The molecule has 0 radical (unpaired) electrons. The number of carbonyl (C=O) groups is 3. The molecule has 0 atom stereocenters. The van der Waals surface area contributed by atoms with Crippen LogP contribution in [0.1, 0.15) is 36.0 Å². The molecule has 1 fully saturated rings. The maximum atomic E-state index is 11.8.